The minimum Gasteiger partial charge on any atom is -0.356 e. The quantitative estimate of drug-likeness (QED) is 0.435. The molecule has 1 aliphatic rings. The Kier molecular flexibility index (Phi) is 7.03. The number of nitrogens with zero attached hydrogens (tertiary/aromatic N) is 3. The summed E-state index contributed by atoms with van der Waals surface area (Å²) in [6, 6.07) is 8.93. The molecule has 1 amide bonds. The third-order valence-electron chi connectivity index (χ3n) is 6.14. The van der Waals surface area contributed by atoms with Gasteiger partial charge in [0.25, 0.3) is 5.91 Å². The highest BCUT2D eigenvalue weighted by molar-refractivity contribution is 7.91. The van der Waals surface area contributed by atoms with Crippen molar-refractivity contribution in [3.8, 4) is 11.1 Å². The van der Waals surface area contributed by atoms with Crippen molar-refractivity contribution >= 4 is 27.1 Å². The van der Waals surface area contributed by atoms with E-state index in [0.717, 1.165) is 0 Å². The van der Waals surface area contributed by atoms with E-state index < -0.39 is 27.5 Å². The van der Waals surface area contributed by atoms with Crippen LogP contribution in [0.2, 0.25) is 0 Å². The largest absolute Gasteiger partial charge is 0.356 e. The Morgan fingerprint density at radius 3 is 2.61 bits per heavy atom. The first-order valence-electron chi connectivity index (χ1n) is 11.3. The molecule has 1 saturated heterocycles. The van der Waals surface area contributed by atoms with Gasteiger partial charge in [-0.05, 0) is 49.2 Å². The minimum atomic E-state index is -3.00. The highest BCUT2D eigenvalue weighted by atomic mass is 32.2. The Labute approximate surface area is 207 Å². The lowest BCUT2D eigenvalue weighted by atomic mass is 9.98. The number of hydrogen-bond donors (Lipinski definition) is 2. The Morgan fingerprint density at radius 2 is 1.92 bits per heavy atom. The van der Waals surface area contributed by atoms with Gasteiger partial charge in [-0.2, -0.15) is 4.39 Å². The lowest BCUT2D eigenvalue weighted by molar-refractivity contribution is -0.0102. The first kappa shape index (κ1) is 25.6. The summed E-state index contributed by atoms with van der Waals surface area (Å²) >= 11 is 0. The van der Waals surface area contributed by atoms with E-state index in [4.69, 9.17) is 4.78 Å². The number of alkyl halides is 2. The summed E-state index contributed by atoms with van der Waals surface area (Å²) in [7, 11) is -3.00. The lowest BCUT2D eigenvalue weighted by Crippen LogP contribution is -2.30. The zero-order valence-electron chi connectivity index (χ0n) is 19.9. The normalized spacial score (nSPS) is 17.2. The van der Waals surface area contributed by atoms with Crippen LogP contribution in [0.25, 0.3) is 11.1 Å². The predicted octanol–water partition coefficient (Wildman–Crippen LogP) is 5.50. The molecule has 3 aromatic rings. The molecule has 3 heterocycles. The molecule has 0 spiro atoms. The molecule has 7 nitrogen and oxygen atoms in total. The highest BCUT2D eigenvalue weighted by Crippen LogP contribution is 2.34. The number of aromatic nitrogens is 2. The number of carbonyl (C=O) groups excluding carboxylic acids is 1. The van der Waals surface area contributed by atoms with Crippen molar-refractivity contribution in [1.29, 1.82) is 4.78 Å². The number of rotatable bonds is 5. The Bertz CT molecular complexity index is 1400. The Balaban J connectivity index is 1.78. The average molecular weight is 518 g/mol. The van der Waals surface area contributed by atoms with E-state index in [-0.39, 0.29) is 42.1 Å². The molecule has 0 saturated carbocycles. The first-order chi connectivity index (χ1) is 16.9. The van der Waals surface area contributed by atoms with Crippen LogP contribution in [-0.2, 0) is 9.73 Å². The Morgan fingerprint density at radius 1 is 1.14 bits per heavy atom. The van der Waals surface area contributed by atoms with E-state index in [0.29, 0.717) is 28.9 Å². The van der Waals surface area contributed by atoms with Crippen molar-refractivity contribution in [2.75, 3.05) is 29.6 Å². The molecule has 0 bridgehead atoms. The summed E-state index contributed by atoms with van der Waals surface area (Å²) in [5, 5.41) is 2.77. The number of nitrogens with one attached hydrogen (secondary N) is 2. The number of anilines is 2. The Hall–Kier alpha value is -3.47. The van der Waals surface area contributed by atoms with Crippen molar-refractivity contribution in [2.45, 2.75) is 37.0 Å². The maximum absolute atomic E-state index is 14.0. The molecule has 1 aromatic carbocycles. The van der Waals surface area contributed by atoms with E-state index in [1.165, 1.54) is 36.8 Å². The van der Waals surface area contributed by atoms with Crippen LogP contribution in [0, 0.1) is 17.7 Å². The summed E-state index contributed by atoms with van der Waals surface area (Å²) in [4.78, 5) is 23.7. The number of hydrogen-bond acceptors (Lipinski definition) is 6. The van der Waals surface area contributed by atoms with E-state index in [1.807, 2.05) is 0 Å². The molecule has 36 heavy (non-hydrogen) atoms. The maximum Gasteiger partial charge on any atom is 0.259 e. The van der Waals surface area contributed by atoms with Gasteiger partial charge in [-0.15, -0.1) is 0 Å². The molecule has 2 N–H and O–H groups in total. The molecule has 4 rings (SSSR count). The van der Waals surface area contributed by atoms with Gasteiger partial charge in [-0.3, -0.25) is 4.79 Å². The van der Waals surface area contributed by atoms with Crippen LogP contribution < -0.4 is 10.2 Å². The highest BCUT2D eigenvalue weighted by Gasteiger charge is 2.33. The van der Waals surface area contributed by atoms with Crippen LogP contribution in [0.3, 0.4) is 0 Å². The van der Waals surface area contributed by atoms with Gasteiger partial charge in [0.2, 0.25) is 11.9 Å². The number of pyridine rings is 2. The van der Waals surface area contributed by atoms with Crippen LogP contribution in [0.15, 0.2) is 53.7 Å². The predicted molar refractivity (Wildman–Crippen MR) is 133 cm³/mol. The summed E-state index contributed by atoms with van der Waals surface area (Å²) < 4.78 is 61.4. The fraction of sp³-hybridized carbons (Fsp3) is 0.320. The summed E-state index contributed by atoms with van der Waals surface area (Å²) in [5.74, 6) is -3.69. The van der Waals surface area contributed by atoms with E-state index >= 15 is 0 Å². The molecule has 1 aliphatic heterocycles. The average Bonchev–Trinajstić information content (AvgIpc) is 2.99. The SMILES string of the molecule is Cc1c(-c2ccc(F)nc2)cnc(N2CCCC(F)(F)CC2)c1C(=O)Nc1cccc(S(C)(=N)=O)c1. The van der Waals surface area contributed by atoms with E-state index in [2.05, 4.69) is 15.3 Å². The number of carbonyl (C=O) groups is 1. The van der Waals surface area contributed by atoms with Crippen molar-refractivity contribution in [3.63, 3.8) is 0 Å². The monoisotopic (exact) mass is 517 g/mol. The van der Waals surface area contributed by atoms with Crippen LogP contribution in [0.5, 0.6) is 0 Å². The third-order valence-corrected chi connectivity index (χ3v) is 7.30. The van der Waals surface area contributed by atoms with Gasteiger partial charge in [0.15, 0.2) is 0 Å². The summed E-state index contributed by atoms with van der Waals surface area (Å²) in [6.07, 6.45) is 3.81. The van der Waals surface area contributed by atoms with Gasteiger partial charge < -0.3 is 10.2 Å². The summed E-state index contributed by atoms with van der Waals surface area (Å²) in [5.41, 5.74) is 2.15. The van der Waals surface area contributed by atoms with Crippen molar-refractivity contribution < 1.29 is 22.2 Å². The van der Waals surface area contributed by atoms with E-state index in [9.17, 15) is 22.2 Å². The van der Waals surface area contributed by atoms with Crippen molar-refractivity contribution in [2.24, 2.45) is 0 Å². The minimum absolute atomic E-state index is 0.0311. The first-order valence-corrected chi connectivity index (χ1v) is 13.3. The number of amides is 1. The molecule has 1 fully saturated rings. The molecular weight excluding hydrogens is 491 g/mol. The van der Waals surface area contributed by atoms with Crippen LogP contribution in [0.1, 0.15) is 35.2 Å². The molecule has 1 unspecified atom stereocenters. The molecule has 1 atom stereocenters. The molecule has 11 heteroatoms. The van der Waals surface area contributed by atoms with Crippen LogP contribution >= 0.6 is 0 Å². The van der Waals surface area contributed by atoms with Gasteiger partial charge in [0.1, 0.15) is 5.82 Å². The smallest absolute Gasteiger partial charge is 0.259 e. The molecule has 0 aliphatic carbocycles. The fourth-order valence-electron chi connectivity index (χ4n) is 4.21. The number of benzene rings is 1. The van der Waals surface area contributed by atoms with Gasteiger partial charge in [0.05, 0.1) is 15.3 Å². The zero-order chi connectivity index (χ0) is 26.1. The van der Waals surface area contributed by atoms with Gasteiger partial charge in [0, 0.05) is 66.3 Å². The van der Waals surface area contributed by atoms with E-state index in [1.54, 1.807) is 30.0 Å². The van der Waals surface area contributed by atoms with Gasteiger partial charge in [-0.25, -0.2) is 27.7 Å². The molecular formula is C25H26F3N5O2S. The maximum atomic E-state index is 14.0. The van der Waals surface area contributed by atoms with Crippen molar-refractivity contribution in [3.05, 3.63) is 65.9 Å². The standard InChI is InChI=1S/C25H26F3N5O2S/c1-16-20(17-7-8-21(26)30-14-17)15-31-23(33-11-4-9-25(27,28)10-12-33)22(16)24(34)32-18-5-3-6-19(13-18)36(2,29)35/h3,5-8,13-15,29H,4,9-12H2,1-2H3,(H,32,34). The second-order valence-electron chi connectivity index (χ2n) is 8.89. The van der Waals surface area contributed by atoms with Gasteiger partial charge >= 0.3 is 0 Å². The zero-order valence-corrected chi connectivity index (χ0v) is 20.7. The van der Waals surface area contributed by atoms with Crippen LogP contribution in [0.4, 0.5) is 24.7 Å². The molecule has 2 aromatic heterocycles. The molecule has 0 radical (unpaired) electrons. The second-order valence-corrected chi connectivity index (χ2v) is 11.0. The summed E-state index contributed by atoms with van der Waals surface area (Å²) in [6.45, 7) is 2.06. The van der Waals surface area contributed by atoms with Crippen molar-refractivity contribution in [1.82, 2.24) is 9.97 Å². The number of halogens is 3. The lowest BCUT2D eigenvalue weighted by Gasteiger charge is -2.26. The topological polar surface area (TPSA) is 99.0 Å². The fourth-order valence-corrected chi connectivity index (χ4v) is 4.90. The third kappa shape index (κ3) is 5.67. The second kappa shape index (κ2) is 9.88. The van der Waals surface area contributed by atoms with Gasteiger partial charge in [-0.1, -0.05) is 6.07 Å². The van der Waals surface area contributed by atoms with Crippen LogP contribution in [-0.4, -0.2) is 45.4 Å². The molecule has 190 valence electrons.